The van der Waals surface area contributed by atoms with Crippen molar-refractivity contribution in [2.45, 2.75) is 45.4 Å². The maximum Gasteiger partial charge on any atom is 0.163 e. The van der Waals surface area contributed by atoms with Gasteiger partial charge in [0.05, 0.1) is 0 Å². The lowest BCUT2D eigenvalue weighted by molar-refractivity contribution is 0.0982. The second kappa shape index (κ2) is 7.92. The summed E-state index contributed by atoms with van der Waals surface area (Å²) in [6.45, 7) is 2.11. The van der Waals surface area contributed by atoms with Crippen molar-refractivity contribution >= 4 is 5.78 Å². The highest BCUT2D eigenvalue weighted by atomic mass is 16.1. The van der Waals surface area contributed by atoms with E-state index < -0.39 is 0 Å². The van der Waals surface area contributed by atoms with Gasteiger partial charge < -0.3 is 0 Å². The Balaban J connectivity index is 1.68. The first-order valence-corrected chi connectivity index (χ1v) is 10.0. The summed E-state index contributed by atoms with van der Waals surface area (Å²) in [5, 5.41) is 0. The molecule has 0 fully saturated rings. The first-order chi connectivity index (χ1) is 13.2. The molecule has 1 nitrogen and oxygen atoms in total. The van der Waals surface area contributed by atoms with Gasteiger partial charge in [-0.3, -0.25) is 4.79 Å². The number of hydrogen-bond acceptors (Lipinski definition) is 1. The average molecular weight is 354 g/mol. The number of ketones is 1. The predicted molar refractivity (Wildman–Crippen MR) is 112 cm³/mol. The Morgan fingerprint density at radius 1 is 0.630 bits per heavy atom. The smallest absolute Gasteiger partial charge is 0.163 e. The van der Waals surface area contributed by atoms with Crippen LogP contribution < -0.4 is 0 Å². The van der Waals surface area contributed by atoms with Crippen molar-refractivity contribution < 1.29 is 4.79 Å². The molecule has 0 spiro atoms. The molecule has 27 heavy (non-hydrogen) atoms. The van der Waals surface area contributed by atoms with Gasteiger partial charge in [-0.1, -0.05) is 66.2 Å². The highest BCUT2D eigenvalue weighted by Gasteiger charge is 2.15. The Hall–Kier alpha value is -2.67. The molecule has 0 unspecified atom stereocenters. The van der Waals surface area contributed by atoms with Gasteiger partial charge in [-0.05, 0) is 72.9 Å². The van der Waals surface area contributed by atoms with Crippen LogP contribution in [0.15, 0.2) is 66.7 Å². The van der Waals surface area contributed by atoms with Crippen LogP contribution >= 0.6 is 0 Å². The molecular weight excluding hydrogens is 328 g/mol. The first-order valence-electron chi connectivity index (χ1n) is 10.0. The molecule has 0 aliphatic heterocycles. The number of carbonyl (C=O) groups excluding carboxylic acids is 1. The van der Waals surface area contributed by atoms with Gasteiger partial charge >= 0.3 is 0 Å². The van der Waals surface area contributed by atoms with Crippen LogP contribution in [0.25, 0.3) is 11.1 Å². The maximum absolute atomic E-state index is 13.1. The minimum Gasteiger partial charge on any atom is -0.294 e. The minimum atomic E-state index is 0.274. The highest BCUT2D eigenvalue weighted by molar-refractivity contribution is 5.98. The van der Waals surface area contributed by atoms with Crippen molar-refractivity contribution in [3.8, 4) is 11.1 Å². The summed E-state index contributed by atoms with van der Waals surface area (Å²) in [5.41, 5.74) is 8.45. The van der Waals surface area contributed by atoms with E-state index >= 15 is 0 Å². The molecule has 0 amide bonds. The normalized spacial score (nSPS) is 14.8. The molecular formula is C26H26O. The summed E-state index contributed by atoms with van der Waals surface area (Å²) in [6, 6.07) is 23.6. The first kappa shape index (κ1) is 17.7. The van der Waals surface area contributed by atoms with E-state index in [1.807, 2.05) is 0 Å². The van der Waals surface area contributed by atoms with Crippen LogP contribution in [-0.4, -0.2) is 5.78 Å². The summed E-state index contributed by atoms with van der Waals surface area (Å²) in [6.07, 6.45) is 5.81. The Morgan fingerprint density at radius 2 is 1.33 bits per heavy atom. The van der Waals surface area contributed by atoms with E-state index in [2.05, 4.69) is 73.7 Å². The largest absolute Gasteiger partial charge is 0.294 e. The zero-order chi connectivity index (χ0) is 18.6. The molecule has 0 radical (unpaired) electrons. The van der Waals surface area contributed by atoms with Crippen molar-refractivity contribution in [2.24, 2.45) is 0 Å². The Kier molecular flexibility index (Phi) is 5.20. The monoisotopic (exact) mass is 354 g/mol. The van der Waals surface area contributed by atoms with Gasteiger partial charge in [0.2, 0.25) is 0 Å². The lowest BCUT2D eigenvalue weighted by atomic mass is 9.92. The Bertz CT molecular complexity index is 967. The molecule has 0 atom stereocenters. The van der Waals surface area contributed by atoms with Crippen molar-refractivity contribution in [3.05, 3.63) is 94.5 Å². The van der Waals surface area contributed by atoms with E-state index in [0.29, 0.717) is 6.42 Å². The number of carbonyl (C=O) groups is 1. The molecule has 136 valence electrons. The topological polar surface area (TPSA) is 17.1 Å². The third-order valence-electron chi connectivity index (χ3n) is 5.64. The van der Waals surface area contributed by atoms with Gasteiger partial charge in [-0.25, -0.2) is 0 Å². The van der Waals surface area contributed by atoms with E-state index in [0.717, 1.165) is 36.8 Å². The fraction of sp³-hybridized carbons (Fsp3) is 0.269. The molecule has 0 heterocycles. The van der Waals surface area contributed by atoms with Crippen molar-refractivity contribution in [1.29, 1.82) is 0 Å². The zero-order valence-electron chi connectivity index (χ0n) is 16.0. The summed E-state index contributed by atoms with van der Waals surface area (Å²) in [4.78, 5) is 13.1. The van der Waals surface area contributed by atoms with Crippen LogP contribution in [0.1, 0.15) is 51.9 Å². The third kappa shape index (κ3) is 4.03. The van der Waals surface area contributed by atoms with E-state index in [9.17, 15) is 4.79 Å². The highest BCUT2D eigenvalue weighted by Crippen LogP contribution is 2.27. The van der Waals surface area contributed by atoms with E-state index in [-0.39, 0.29) is 5.78 Å². The lowest BCUT2D eigenvalue weighted by Gasteiger charge is -2.12. The van der Waals surface area contributed by atoms with Crippen molar-refractivity contribution in [3.63, 3.8) is 0 Å². The molecule has 4 rings (SSSR count). The standard InChI is InChI=1S/C26H26O/c1-19-7-6-12-23(17-19)24-14-13-22-11-5-4-9-20-8-2-3-10-21(20)15-16-26(27)25(22)18-24/h2-3,6-8,10,12-14,17-18H,4-5,9,11,15-16H2,1H3. The summed E-state index contributed by atoms with van der Waals surface area (Å²) < 4.78 is 0. The molecule has 3 aromatic rings. The average Bonchev–Trinajstić information content (AvgIpc) is 2.72. The number of aryl methyl sites for hydroxylation is 4. The predicted octanol–water partition coefficient (Wildman–Crippen LogP) is 6.36. The van der Waals surface area contributed by atoms with E-state index in [1.54, 1.807) is 0 Å². The number of Topliss-reactive ketones (excluding diaryl/α,β-unsaturated/α-hetero) is 1. The second-order valence-corrected chi connectivity index (χ2v) is 7.64. The molecule has 3 aromatic carbocycles. The number of rotatable bonds is 1. The Morgan fingerprint density at radius 3 is 2.11 bits per heavy atom. The van der Waals surface area contributed by atoms with Crippen LogP contribution in [0.2, 0.25) is 0 Å². The number of hydrogen-bond donors (Lipinski definition) is 0. The molecule has 0 aromatic heterocycles. The van der Waals surface area contributed by atoms with E-state index in [4.69, 9.17) is 0 Å². The quantitative estimate of drug-likeness (QED) is 0.497. The number of benzene rings is 3. The fourth-order valence-electron chi connectivity index (χ4n) is 4.12. The van der Waals surface area contributed by atoms with Crippen LogP contribution in [0.5, 0.6) is 0 Å². The molecule has 1 aliphatic rings. The van der Waals surface area contributed by atoms with Crippen LogP contribution in [0, 0.1) is 6.92 Å². The number of fused-ring (bicyclic) bond motifs is 2. The lowest BCUT2D eigenvalue weighted by Crippen LogP contribution is -2.06. The Labute approximate surface area is 162 Å². The SMILES string of the molecule is Cc1cccc(-c2ccc3c(c2)C(=O)CCc2ccccc2CCCC3)c1. The van der Waals surface area contributed by atoms with Gasteiger partial charge in [0.25, 0.3) is 0 Å². The molecule has 1 heteroatoms. The van der Waals surface area contributed by atoms with Crippen LogP contribution in [0.3, 0.4) is 0 Å². The summed E-state index contributed by atoms with van der Waals surface area (Å²) in [5.74, 6) is 0.274. The third-order valence-corrected chi connectivity index (χ3v) is 5.64. The molecule has 0 N–H and O–H groups in total. The van der Waals surface area contributed by atoms with Gasteiger partial charge in [-0.2, -0.15) is 0 Å². The fourth-order valence-corrected chi connectivity index (χ4v) is 4.12. The van der Waals surface area contributed by atoms with Crippen LogP contribution in [-0.2, 0) is 19.3 Å². The van der Waals surface area contributed by atoms with Crippen molar-refractivity contribution in [1.82, 2.24) is 0 Å². The molecule has 0 saturated carbocycles. The molecule has 1 aliphatic carbocycles. The minimum absolute atomic E-state index is 0.274. The van der Waals surface area contributed by atoms with Gasteiger partial charge in [0, 0.05) is 12.0 Å². The van der Waals surface area contributed by atoms with Gasteiger partial charge in [0.1, 0.15) is 0 Å². The summed E-state index contributed by atoms with van der Waals surface area (Å²) >= 11 is 0. The van der Waals surface area contributed by atoms with Gasteiger partial charge in [-0.15, -0.1) is 0 Å². The molecule has 0 bridgehead atoms. The second-order valence-electron chi connectivity index (χ2n) is 7.64. The molecule has 0 saturated heterocycles. The van der Waals surface area contributed by atoms with Crippen molar-refractivity contribution in [2.75, 3.05) is 0 Å². The van der Waals surface area contributed by atoms with Gasteiger partial charge in [0.15, 0.2) is 5.78 Å². The van der Waals surface area contributed by atoms with Crippen LogP contribution in [0.4, 0.5) is 0 Å². The maximum atomic E-state index is 13.1. The zero-order valence-corrected chi connectivity index (χ0v) is 16.0. The summed E-state index contributed by atoms with van der Waals surface area (Å²) in [7, 11) is 0. The van der Waals surface area contributed by atoms with E-state index in [1.165, 1.54) is 34.2 Å².